The molecular weight excluding hydrogens is 272 g/mol. The van der Waals surface area contributed by atoms with Crippen molar-refractivity contribution in [1.29, 1.82) is 0 Å². The molecule has 11 heavy (non-hydrogen) atoms. The fourth-order valence-corrected chi connectivity index (χ4v) is 1.87. The lowest BCUT2D eigenvalue weighted by atomic mass is 10.3. The number of para-hydroxylation sites is 1. The van der Waals surface area contributed by atoms with Gasteiger partial charge in [0.15, 0.2) is 0 Å². The Morgan fingerprint density at radius 3 is 2.73 bits per heavy atom. The van der Waals surface area contributed by atoms with Crippen molar-refractivity contribution >= 4 is 45.1 Å². The van der Waals surface area contributed by atoms with Gasteiger partial charge in [-0.2, -0.15) is 0 Å². The van der Waals surface area contributed by atoms with E-state index in [-0.39, 0.29) is 0 Å². The SMILES string of the molecule is Clc1c(I)[nH]c2ccccc12. The number of fused-ring (bicyclic) bond motifs is 1. The summed E-state index contributed by atoms with van der Waals surface area (Å²) in [6.07, 6.45) is 0. The Bertz CT molecular complexity index is 394. The Balaban J connectivity index is 2.92. The molecule has 0 fully saturated rings. The monoisotopic (exact) mass is 277 g/mol. The molecule has 0 saturated carbocycles. The van der Waals surface area contributed by atoms with Crippen LogP contribution < -0.4 is 0 Å². The molecule has 0 bridgehead atoms. The number of nitrogens with one attached hydrogen (secondary N) is 1. The van der Waals surface area contributed by atoms with Gasteiger partial charge in [-0.05, 0) is 28.7 Å². The van der Waals surface area contributed by atoms with Gasteiger partial charge in [0.1, 0.15) is 0 Å². The summed E-state index contributed by atoms with van der Waals surface area (Å²) in [7, 11) is 0. The van der Waals surface area contributed by atoms with Crippen LogP contribution in [0.25, 0.3) is 10.9 Å². The minimum atomic E-state index is 0.821. The number of H-pyrrole nitrogens is 1. The minimum Gasteiger partial charge on any atom is -0.349 e. The maximum atomic E-state index is 6.00. The van der Waals surface area contributed by atoms with Crippen LogP contribution in [0.5, 0.6) is 0 Å². The van der Waals surface area contributed by atoms with Crippen molar-refractivity contribution in [2.45, 2.75) is 0 Å². The van der Waals surface area contributed by atoms with Gasteiger partial charge in [0.05, 0.1) is 8.72 Å². The Morgan fingerprint density at radius 2 is 2.00 bits per heavy atom. The maximum Gasteiger partial charge on any atom is 0.0971 e. The first-order chi connectivity index (χ1) is 5.29. The van der Waals surface area contributed by atoms with E-state index in [1.165, 1.54) is 0 Å². The van der Waals surface area contributed by atoms with Crippen LogP contribution in [0.3, 0.4) is 0 Å². The maximum absolute atomic E-state index is 6.00. The number of hydrogen-bond donors (Lipinski definition) is 1. The molecule has 0 aliphatic carbocycles. The zero-order valence-corrected chi connectivity index (χ0v) is 8.48. The second-order valence-corrected chi connectivity index (χ2v) is 3.76. The highest BCUT2D eigenvalue weighted by Gasteiger charge is 2.04. The Hall–Kier alpha value is -0.220. The molecule has 56 valence electrons. The Kier molecular flexibility index (Phi) is 1.81. The quantitative estimate of drug-likeness (QED) is 0.710. The topological polar surface area (TPSA) is 15.8 Å². The van der Waals surface area contributed by atoms with Gasteiger partial charge in [0.2, 0.25) is 0 Å². The number of halogens is 2. The van der Waals surface area contributed by atoms with Crippen molar-refractivity contribution in [3.05, 3.63) is 33.0 Å². The average Bonchev–Trinajstić information content (AvgIpc) is 2.30. The van der Waals surface area contributed by atoms with Crippen molar-refractivity contribution in [3.8, 4) is 0 Å². The molecule has 0 aliphatic heterocycles. The lowest BCUT2D eigenvalue weighted by molar-refractivity contribution is 1.41. The van der Waals surface area contributed by atoms with Crippen molar-refractivity contribution < 1.29 is 0 Å². The molecule has 1 heterocycles. The predicted octanol–water partition coefficient (Wildman–Crippen LogP) is 3.43. The molecule has 0 spiro atoms. The van der Waals surface area contributed by atoms with E-state index in [2.05, 4.69) is 27.6 Å². The molecule has 0 radical (unpaired) electrons. The zero-order valence-electron chi connectivity index (χ0n) is 5.57. The van der Waals surface area contributed by atoms with E-state index in [9.17, 15) is 0 Å². The van der Waals surface area contributed by atoms with Crippen LogP contribution in [-0.4, -0.2) is 4.98 Å². The molecule has 1 aromatic heterocycles. The van der Waals surface area contributed by atoms with Crippen molar-refractivity contribution in [1.82, 2.24) is 4.98 Å². The van der Waals surface area contributed by atoms with E-state index in [4.69, 9.17) is 11.6 Å². The summed E-state index contributed by atoms with van der Waals surface area (Å²) in [5.74, 6) is 0. The first-order valence-electron chi connectivity index (χ1n) is 3.21. The van der Waals surface area contributed by atoms with Crippen molar-refractivity contribution in [3.63, 3.8) is 0 Å². The third-order valence-electron chi connectivity index (χ3n) is 1.60. The van der Waals surface area contributed by atoms with E-state index in [1.54, 1.807) is 0 Å². The van der Waals surface area contributed by atoms with Crippen LogP contribution in [0.2, 0.25) is 5.02 Å². The minimum absolute atomic E-state index is 0.821. The van der Waals surface area contributed by atoms with E-state index in [1.807, 2.05) is 24.3 Å². The first kappa shape index (κ1) is 7.43. The second kappa shape index (κ2) is 2.68. The third-order valence-corrected chi connectivity index (χ3v) is 3.12. The second-order valence-electron chi connectivity index (χ2n) is 2.30. The van der Waals surface area contributed by atoms with Gasteiger partial charge in [-0.1, -0.05) is 29.8 Å². The molecule has 0 aliphatic rings. The van der Waals surface area contributed by atoms with Crippen LogP contribution in [0.15, 0.2) is 24.3 Å². The fourth-order valence-electron chi connectivity index (χ4n) is 1.07. The summed E-state index contributed by atoms with van der Waals surface area (Å²) in [4.78, 5) is 3.18. The molecule has 1 aromatic carbocycles. The molecule has 2 rings (SSSR count). The molecule has 2 aromatic rings. The Morgan fingerprint density at radius 1 is 1.27 bits per heavy atom. The van der Waals surface area contributed by atoms with E-state index in [0.29, 0.717) is 0 Å². The number of benzene rings is 1. The Labute approximate surface area is 82.9 Å². The zero-order chi connectivity index (χ0) is 7.84. The summed E-state index contributed by atoms with van der Waals surface area (Å²) < 4.78 is 1.01. The smallest absolute Gasteiger partial charge is 0.0971 e. The summed E-state index contributed by atoms with van der Waals surface area (Å²) >= 11 is 8.19. The van der Waals surface area contributed by atoms with Gasteiger partial charge in [0, 0.05) is 10.9 Å². The average molecular weight is 277 g/mol. The molecule has 0 unspecified atom stereocenters. The van der Waals surface area contributed by atoms with Crippen LogP contribution in [0.4, 0.5) is 0 Å². The fraction of sp³-hybridized carbons (Fsp3) is 0. The third kappa shape index (κ3) is 1.14. The molecule has 1 N–H and O–H groups in total. The van der Waals surface area contributed by atoms with Crippen LogP contribution >= 0.6 is 34.2 Å². The number of rotatable bonds is 0. The lowest BCUT2D eigenvalue weighted by Crippen LogP contribution is -1.64. The van der Waals surface area contributed by atoms with Gasteiger partial charge in [-0.15, -0.1) is 0 Å². The highest BCUT2D eigenvalue weighted by Crippen LogP contribution is 2.27. The van der Waals surface area contributed by atoms with E-state index in [0.717, 1.165) is 19.6 Å². The number of aromatic nitrogens is 1. The highest BCUT2D eigenvalue weighted by molar-refractivity contribution is 14.1. The summed E-state index contributed by atoms with van der Waals surface area (Å²) in [6, 6.07) is 8.00. The summed E-state index contributed by atoms with van der Waals surface area (Å²) in [5, 5.41) is 1.92. The normalized spacial score (nSPS) is 10.7. The molecule has 3 heteroatoms. The molecule has 0 saturated heterocycles. The summed E-state index contributed by atoms with van der Waals surface area (Å²) in [5.41, 5.74) is 1.10. The largest absolute Gasteiger partial charge is 0.349 e. The van der Waals surface area contributed by atoms with Gasteiger partial charge in [0.25, 0.3) is 0 Å². The van der Waals surface area contributed by atoms with Gasteiger partial charge in [-0.25, -0.2) is 0 Å². The first-order valence-corrected chi connectivity index (χ1v) is 4.66. The number of hydrogen-bond acceptors (Lipinski definition) is 0. The molecular formula is C8H5ClIN. The van der Waals surface area contributed by atoms with E-state index < -0.39 is 0 Å². The van der Waals surface area contributed by atoms with Crippen LogP contribution in [-0.2, 0) is 0 Å². The van der Waals surface area contributed by atoms with Gasteiger partial charge >= 0.3 is 0 Å². The van der Waals surface area contributed by atoms with Gasteiger partial charge in [-0.3, -0.25) is 0 Å². The van der Waals surface area contributed by atoms with Crippen LogP contribution in [0, 0.1) is 3.70 Å². The van der Waals surface area contributed by atoms with Crippen molar-refractivity contribution in [2.75, 3.05) is 0 Å². The van der Waals surface area contributed by atoms with Gasteiger partial charge < -0.3 is 4.98 Å². The van der Waals surface area contributed by atoms with E-state index >= 15 is 0 Å². The van der Waals surface area contributed by atoms with Crippen LogP contribution in [0.1, 0.15) is 0 Å². The predicted molar refractivity (Wildman–Crippen MR) is 56.0 cm³/mol. The standard InChI is InChI=1S/C8H5ClIN/c9-7-5-3-1-2-4-6(5)11-8(7)10/h1-4,11H. The molecule has 1 nitrogen and oxygen atoms in total. The molecule has 0 atom stereocenters. The lowest BCUT2D eigenvalue weighted by Gasteiger charge is -1.85. The number of aromatic amines is 1. The van der Waals surface area contributed by atoms with Crippen molar-refractivity contribution in [2.24, 2.45) is 0 Å². The summed E-state index contributed by atoms with van der Waals surface area (Å²) in [6.45, 7) is 0. The molecule has 0 amide bonds. The highest BCUT2D eigenvalue weighted by atomic mass is 127.